The van der Waals surface area contributed by atoms with Gasteiger partial charge in [0.2, 0.25) is 0 Å². The number of phosphoric acid groups is 2. The number of hydrogen-bond acceptors (Lipinski definition) is 15. The molecule has 0 aromatic rings. The number of phosphoric ester groups is 2. The van der Waals surface area contributed by atoms with Gasteiger partial charge >= 0.3 is 39.5 Å². The minimum atomic E-state index is -4.96. The second kappa shape index (κ2) is 70.5. The van der Waals surface area contributed by atoms with Crippen LogP contribution in [0.1, 0.15) is 407 Å². The average Bonchev–Trinajstić information content (AvgIpc) is 1.53. The number of rotatable bonds is 77. The zero-order valence-electron chi connectivity index (χ0n) is 61.6. The molecule has 17 nitrogen and oxygen atoms in total. The first kappa shape index (κ1) is 93.1. The fourth-order valence-electron chi connectivity index (χ4n) is 11.8. The number of esters is 4. The highest BCUT2D eigenvalue weighted by Gasteiger charge is 2.30. The van der Waals surface area contributed by atoms with Gasteiger partial charge in [-0.15, -0.1) is 0 Å². The Kier molecular flexibility index (Phi) is 69.1. The van der Waals surface area contributed by atoms with E-state index in [4.69, 9.17) is 37.0 Å². The lowest BCUT2D eigenvalue weighted by Crippen LogP contribution is -2.30. The molecule has 0 aliphatic rings. The van der Waals surface area contributed by atoms with E-state index in [1.165, 1.54) is 238 Å². The SMILES string of the molecule is CCCCCCCCCCCCCCCCCCCCCCC(=O)O[C@H](COC(=O)CCCCCCCCCCCCCCCC)COP(=O)(O)OC[C@@H](O)COP(=O)(O)OC[C@@H](COC(=O)CCCCCCCCCC)OC(=O)CCCCCCCCCCCCCCC. The first-order valence-electron chi connectivity index (χ1n) is 39.8. The number of ether oxygens (including phenoxy) is 4. The van der Waals surface area contributed by atoms with Crippen molar-refractivity contribution < 1.29 is 80.2 Å². The standard InChI is InChI=1S/C76H148O17P2/c1-5-9-13-17-21-25-28-31-33-34-35-36-37-38-41-44-47-51-55-59-63-76(81)93-72(67-87-74(79)61-57-53-49-45-42-40-32-29-26-22-18-14-10-6-2)69-91-95(84,85)89-65-70(77)64-88-94(82,83)90-68-71(66-86-73(78)60-56-52-48-24-20-16-12-8-4)92-75(80)62-58-54-50-46-43-39-30-27-23-19-15-11-7-3/h70-72,77H,5-69H2,1-4H3,(H,82,83)(H,84,85)/t70-,71+,72+/m0/s1. The quantitative estimate of drug-likeness (QED) is 0.0222. The summed E-state index contributed by atoms with van der Waals surface area (Å²) in [5, 5.41) is 10.6. The van der Waals surface area contributed by atoms with Crippen LogP contribution in [-0.4, -0.2) is 96.7 Å². The number of carbonyl (C=O) groups excluding carboxylic acids is 4. The maximum absolute atomic E-state index is 13.1. The van der Waals surface area contributed by atoms with Crippen LogP contribution in [0.5, 0.6) is 0 Å². The van der Waals surface area contributed by atoms with Gasteiger partial charge in [0, 0.05) is 25.7 Å². The lowest BCUT2D eigenvalue weighted by molar-refractivity contribution is -0.161. The molecule has 0 heterocycles. The molecule has 5 atom stereocenters. The van der Waals surface area contributed by atoms with E-state index in [9.17, 15) is 43.2 Å². The van der Waals surface area contributed by atoms with Crippen LogP contribution in [0, 0.1) is 0 Å². The molecule has 0 fully saturated rings. The molecule has 2 unspecified atom stereocenters. The van der Waals surface area contributed by atoms with Gasteiger partial charge in [-0.2, -0.15) is 0 Å². The van der Waals surface area contributed by atoms with Crippen LogP contribution in [0.15, 0.2) is 0 Å². The molecule has 0 saturated carbocycles. The summed E-state index contributed by atoms with van der Waals surface area (Å²) >= 11 is 0. The van der Waals surface area contributed by atoms with E-state index in [1.54, 1.807) is 0 Å². The summed E-state index contributed by atoms with van der Waals surface area (Å²) < 4.78 is 68.5. The monoisotopic (exact) mass is 1400 g/mol. The second-order valence-corrected chi connectivity index (χ2v) is 30.3. The van der Waals surface area contributed by atoms with Crippen molar-refractivity contribution in [3.8, 4) is 0 Å². The smallest absolute Gasteiger partial charge is 0.462 e. The molecule has 0 saturated heterocycles. The number of aliphatic hydroxyl groups is 1. The predicted octanol–water partition coefficient (Wildman–Crippen LogP) is 22.6. The topological polar surface area (TPSA) is 237 Å². The summed E-state index contributed by atoms with van der Waals surface area (Å²) in [5.41, 5.74) is 0. The van der Waals surface area contributed by atoms with Gasteiger partial charge in [-0.3, -0.25) is 37.3 Å². The molecule has 0 rings (SSSR count). The Labute approximate surface area is 581 Å². The number of carbonyl (C=O) groups is 4. The van der Waals surface area contributed by atoms with Gasteiger partial charge in [-0.05, 0) is 25.7 Å². The van der Waals surface area contributed by atoms with E-state index in [0.29, 0.717) is 25.7 Å². The van der Waals surface area contributed by atoms with Crippen LogP contribution in [0.3, 0.4) is 0 Å². The van der Waals surface area contributed by atoms with Crippen LogP contribution in [0.25, 0.3) is 0 Å². The molecule has 0 radical (unpaired) electrons. The molecule has 0 aliphatic heterocycles. The molecule has 19 heteroatoms. The highest BCUT2D eigenvalue weighted by Crippen LogP contribution is 2.45. The largest absolute Gasteiger partial charge is 0.472 e. The number of aliphatic hydroxyl groups excluding tert-OH is 1. The first-order valence-corrected chi connectivity index (χ1v) is 42.8. The van der Waals surface area contributed by atoms with Gasteiger partial charge in [0.1, 0.15) is 19.3 Å². The molecule has 0 amide bonds. The van der Waals surface area contributed by atoms with Crippen molar-refractivity contribution in [3.63, 3.8) is 0 Å². The summed E-state index contributed by atoms with van der Waals surface area (Å²) in [4.78, 5) is 72.7. The van der Waals surface area contributed by atoms with Crippen molar-refractivity contribution in [2.45, 2.75) is 425 Å². The van der Waals surface area contributed by atoms with E-state index < -0.39 is 97.5 Å². The Bertz CT molecular complexity index is 1810. The van der Waals surface area contributed by atoms with E-state index >= 15 is 0 Å². The Balaban J connectivity index is 5.19. The van der Waals surface area contributed by atoms with E-state index in [0.717, 1.165) is 89.9 Å². The number of hydrogen-bond donors (Lipinski definition) is 3. The van der Waals surface area contributed by atoms with Crippen molar-refractivity contribution in [1.82, 2.24) is 0 Å². The van der Waals surface area contributed by atoms with Gasteiger partial charge in [-0.1, -0.05) is 355 Å². The lowest BCUT2D eigenvalue weighted by atomic mass is 10.0. The molecule has 95 heavy (non-hydrogen) atoms. The molecule has 0 aromatic heterocycles. The van der Waals surface area contributed by atoms with Crippen LogP contribution in [0.4, 0.5) is 0 Å². The first-order chi connectivity index (χ1) is 46.2. The third-order valence-electron chi connectivity index (χ3n) is 17.9. The van der Waals surface area contributed by atoms with Crippen molar-refractivity contribution in [2.75, 3.05) is 39.6 Å². The fraction of sp³-hybridized carbons (Fsp3) is 0.947. The summed E-state index contributed by atoms with van der Waals surface area (Å²) in [7, 11) is -9.90. The molecule has 0 bridgehead atoms. The van der Waals surface area contributed by atoms with Crippen molar-refractivity contribution in [1.29, 1.82) is 0 Å². The van der Waals surface area contributed by atoms with E-state index in [-0.39, 0.29) is 25.7 Å². The van der Waals surface area contributed by atoms with E-state index in [2.05, 4.69) is 27.7 Å². The van der Waals surface area contributed by atoms with Gasteiger partial charge in [0.15, 0.2) is 12.2 Å². The van der Waals surface area contributed by atoms with Crippen LogP contribution in [0.2, 0.25) is 0 Å². The van der Waals surface area contributed by atoms with Gasteiger partial charge in [0.25, 0.3) is 0 Å². The third kappa shape index (κ3) is 70.3. The van der Waals surface area contributed by atoms with Gasteiger partial charge < -0.3 is 33.8 Å². The van der Waals surface area contributed by atoms with Crippen molar-refractivity contribution >= 4 is 39.5 Å². The minimum absolute atomic E-state index is 0.108. The third-order valence-corrected chi connectivity index (χ3v) is 19.8. The van der Waals surface area contributed by atoms with Crippen molar-refractivity contribution in [3.05, 3.63) is 0 Å². The maximum atomic E-state index is 13.1. The van der Waals surface area contributed by atoms with Crippen LogP contribution >= 0.6 is 15.6 Å². The molecule has 0 aromatic carbocycles. The summed E-state index contributed by atoms with van der Waals surface area (Å²) in [6.07, 6.45) is 61.1. The Morgan fingerprint density at radius 3 is 0.621 bits per heavy atom. The summed E-state index contributed by atoms with van der Waals surface area (Å²) in [6, 6.07) is 0. The zero-order chi connectivity index (χ0) is 69.7. The molecule has 0 spiro atoms. The maximum Gasteiger partial charge on any atom is 0.472 e. The van der Waals surface area contributed by atoms with Gasteiger partial charge in [0.05, 0.1) is 26.4 Å². The highest BCUT2D eigenvalue weighted by atomic mass is 31.2. The minimum Gasteiger partial charge on any atom is -0.462 e. The second-order valence-electron chi connectivity index (χ2n) is 27.4. The Morgan fingerprint density at radius 2 is 0.421 bits per heavy atom. The predicted molar refractivity (Wildman–Crippen MR) is 386 cm³/mol. The van der Waals surface area contributed by atoms with Crippen molar-refractivity contribution in [2.24, 2.45) is 0 Å². The molecule has 564 valence electrons. The van der Waals surface area contributed by atoms with E-state index in [1.807, 2.05) is 0 Å². The average molecular weight is 1400 g/mol. The fourth-order valence-corrected chi connectivity index (χ4v) is 13.3. The van der Waals surface area contributed by atoms with Crippen LogP contribution < -0.4 is 0 Å². The van der Waals surface area contributed by atoms with Crippen LogP contribution in [-0.2, 0) is 65.4 Å². The lowest BCUT2D eigenvalue weighted by Gasteiger charge is -2.21. The number of unbranched alkanes of at least 4 members (excludes halogenated alkanes) is 51. The molecule has 0 aliphatic carbocycles. The Hall–Kier alpha value is -1.94. The zero-order valence-corrected chi connectivity index (χ0v) is 63.4. The molecular formula is C76H148O17P2. The normalized spacial score (nSPS) is 13.9. The molecule has 3 N–H and O–H groups in total. The Morgan fingerprint density at radius 1 is 0.253 bits per heavy atom. The highest BCUT2D eigenvalue weighted by molar-refractivity contribution is 7.47. The van der Waals surface area contributed by atoms with Gasteiger partial charge in [-0.25, -0.2) is 9.13 Å². The summed E-state index contributed by atoms with van der Waals surface area (Å²) in [5.74, 6) is -2.11. The molecular weight excluding hydrogens is 1250 g/mol. The summed E-state index contributed by atoms with van der Waals surface area (Å²) in [6.45, 7) is 4.97.